The summed E-state index contributed by atoms with van der Waals surface area (Å²) in [5.74, 6) is 1.60. The van der Waals surface area contributed by atoms with Gasteiger partial charge in [-0.2, -0.15) is 4.98 Å². The molecule has 0 saturated carbocycles. The smallest absolute Gasteiger partial charge is 0.224 e. The zero-order valence-electron chi connectivity index (χ0n) is 12.8. The lowest BCUT2D eigenvalue weighted by molar-refractivity contribution is 0.203. The van der Waals surface area contributed by atoms with Crippen LogP contribution in [0.4, 0.5) is 11.8 Å². The fraction of sp³-hybridized carbons (Fsp3) is 0.714. The number of methoxy groups -OCH3 is 1. The molecule has 1 unspecified atom stereocenters. The second-order valence-corrected chi connectivity index (χ2v) is 5.59. The molecule has 0 aromatic carbocycles. The molecule has 0 aliphatic rings. The van der Waals surface area contributed by atoms with Crippen molar-refractivity contribution in [1.82, 2.24) is 9.97 Å². The summed E-state index contributed by atoms with van der Waals surface area (Å²) in [5.41, 5.74) is 0. The minimum absolute atomic E-state index is 0.398. The summed E-state index contributed by atoms with van der Waals surface area (Å²) >= 11 is 3.55. The second kappa shape index (κ2) is 9.13. The molecular formula is C14H25BrN4O. The summed E-state index contributed by atoms with van der Waals surface area (Å²) in [6.45, 7) is 8.87. The first-order valence-electron chi connectivity index (χ1n) is 7.15. The maximum absolute atomic E-state index is 5.21. The van der Waals surface area contributed by atoms with Crippen molar-refractivity contribution in [3.8, 4) is 0 Å². The summed E-state index contributed by atoms with van der Waals surface area (Å²) < 4.78 is 6.12. The molecular weight excluding hydrogens is 320 g/mol. The van der Waals surface area contributed by atoms with E-state index in [2.05, 4.69) is 56.9 Å². The van der Waals surface area contributed by atoms with Gasteiger partial charge in [-0.05, 0) is 35.7 Å². The van der Waals surface area contributed by atoms with E-state index in [9.17, 15) is 0 Å². The van der Waals surface area contributed by atoms with Gasteiger partial charge >= 0.3 is 0 Å². The Morgan fingerprint density at radius 1 is 1.45 bits per heavy atom. The highest BCUT2D eigenvalue weighted by Gasteiger charge is 2.18. The molecule has 1 N–H and O–H groups in total. The standard InChI is InChI=1S/C14H25BrN4O/c1-5-7-16-14-17-10-12(15)13(18-14)19(8-9-20-4)11(3)6-2/h10-11H,5-9H2,1-4H3,(H,16,17,18). The van der Waals surface area contributed by atoms with Crippen LogP contribution in [-0.4, -0.2) is 42.8 Å². The number of hydrogen-bond donors (Lipinski definition) is 1. The largest absolute Gasteiger partial charge is 0.383 e. The molecule has 0 radical (unpaired) electrons. The second-order valence-electron chi connectivity index (χ2n) is 4.74. The summed E-state index contributed by atoms with van der Waals surface area (Å²) in [6, 6.07) is 0.398. The summed E-state index contributed by atoms with van der Waals surface area (Å²) in [5, 5.41) is 3.23. The van der Waals surface area contributed by atoms with Crippen molar-refractivity contribution in [1.29, 1.82) is 0 Å². The predicted molar refractivity (Wildman–Crippen MR) is 87.5 cm³/mol. The highest BCUT2D eigenvalue weighted by atomic mass is 79.9. The minimum Gasteiger partial charge on any atom is -0.383 e. The average Bonchev–Trinajstić information content (AvgIpc) is 2.47. The molecule has 1 atom stereocenters. The third-order valence-corrected chi connectivity index (χ3v) is 3.75. The zero-order valence-corrected chi connectivity index (χ0v) is 14.4. The van der Waals surface area contributed by atoms with Crippen molar-refractivity contribution < 1.29 is 4.74 Å². The first-order chi connectivity index (χ1) is 9.63. The Labute approximate surface area is 130 Å². The van der Waals surface area contributed by atoms with E-state index in [0.29, 0.717) is 18.6 Å². The molecule has 0 aliphatic heterocycles. The van der Waals surface area contributed by atoms with Crippen LogP contribution in [0.25, 0.3) is 0 Å². The molecule has 0 aliphatic carbocycles. The van der Waals surface area contributed by atoms with E-state index in [4.69, 9.17) is 4.74 Å². The summed E-state index contributed by atoms with van der Waals surface area (Å²) in [4.78, 5) is 11.2. The van der Waals surface area contributed by atoms with Crippen molar-refractivity contribution in [2.45, 2.75) is 39.7 Å². The van der Waals surface area contributed by atoms with Crippen LogP contribution in [0.5, 0.6) is 0 Å². The van der Waals surface area contributed by atoms with Crippen molar-refractivity contribution >= 4 is 27.7 Å². The SMILES string of the molecule is CCCNc1ncc(Br)c(N(CCOC)C(C)CC)n1. The van der Waals surface area contributed by atoms with Crippen LogP contribution in [0, 0.1) is 0 Å². The topological polar surface area (TPSA) is 50.3 Å². The molecule has 0 saturated heterocycles. The molecule has 0 amide bonds. The Morgan fingerprint density at radius 2 is 2.20 bits per heavy atom. The first-order valence-corrected chi connectivity index (χ1v) is 7.95. The van der Waals surface area contributed by atoms with Gasteiger partial charge in [0.2, 0.25) is 5.95 Å². The number of rotatable bonds is 9. The van der Waals surface area contributed by atoms with E-state index >= 15 is 0 Å². The Kier molecular flexibility index (Phi) is 7.84. The lowest BCUT2D eigenvalue weighted by atomic mass is 10.2. The van der Waals surface area contributed by atoms with Crippen LogP contribution in [-0.2, 0) is 4.74 Å². The van der Waals surface area contributed by atoms with Crippen molar-refractivity contribution in [2.24, 2.45) is 0 Å². The maximum atomic E-state index is 5.21. The van der Waals surface area contributed by atoms with Gasteiger partial charge in [0.05, 0.1) is 11.1 Å². The quantitative estimate of drug-likeness (QED) is 0.744. The summed E-state index contributed by atoms with van der Waals surface area (Å²) in [6.07, 6.45) is 3.91. The van der Waals surface area contributed by atoms with Gasteiger partial charge in [0.25, 0.3) is 0 Å². The molecule has 0 fully saturated rings. The van der Waals surface area contributed by atoms with Crippen LogP contribution in [0.1, 0.15) is 33.6 Å². The maximum Gasteiger partial charge on any atom is 0.224 e. The first kappa shape index (κ1) is 17.2. The third kappa shape index (κ3) is 4.90. The Hall–Kier alpha value is -0.880. The molecule has 1 rings (SSSR count). The highest BCUT2D eigenvalue weighted by Crippen LogP contribution is 2.26. The number of anilines is 2. The average molecular weight is 345 g/mol. The lowest BCUT2D eigenvalue weighted by Gasteiger charge is -2.30. The number of nitrogens with zero attached hydrogens (tertiary/aromatic N) is 3. The third-order valence-electron chi connectivity index (χ3n) is 3.19. The van der Waals surface area contributed by atoms with E-state index in [0.717, 1.165) is 36.2 Å². The zero-order chi connectivity index (χ0) is 15.0. The van der Waals surface area contributed by atoms with Gasteiger partial charge in [-0.3, -0.25) is 0 Å². The Bertz CT molecular complexity index is 403. The molecule has 1 aromatic heterocycles. The molecule has 5 nitrogen and oxygen atoms in total. The van der Waals surface area contributed by atoms with E-state index in [-0.39, 0.29) is 0 Å². The normalized spacial score (nSPS) is 12.2. The van der Waals surface area contributed by atoms with Crippen LogP contribution in [0.15, 0.2) is 10.7 Å². The fourth-order valence-electron chi connectivity index (χ4n) is 1.83. The van der Waals surface area contributed by atoms with Gasteiger partial charge < -0.3 is 15.0 Å². The molecule has 0 spiro atoms. The van der Waals surface area contributed by atoms with E-state index in [1.54, 1.807) is 7.11 Å². The van der Waals surface area contributed by atoms with Crippen molar-refractivity contribution in [3.63, 3.8) is 0 Å². The lowest BCUT2D eigenvalue weighted by Crippen LogP contribution is -2.36. The van der Waals surface area contributed by atoms with Crippen molar-refractivity contribution in [2.75, 3.05) is 37.0 Å². The van der Waals surface area contributed by atoms with Gasteiger partial charge in [-0.25, -0.2) is 4.98 Å². The van der Waals surface area contributed by atoms with Crippen LogP contribution < -0.4 is 10.2 Å². The molecule has 1 aromatic rings. The van der Waals surface area contributed by atoms with E-state index < -0.39 is 0 Å². The van der Waals surface area contributed by atoms with Crippen LogP contribution in [0.2, 0.25) is 0 Å². The van der Waals surface area contributed by atoms with Gasteiger partial charge in [0.15, 0.2) is 0 Å². The molecule has 20 heavy (non-hydrogen) atoms. The number of hydrogen-bond acceptors (Lipinski definition) is 5. The van der Waals surface area contributed by atoms with Crippen LogP contribution >= 0.6 is 15.9 Å². The number of halogens is 1. The monoisotopic (exact) mass is 344 g/mol. The van der Waals surface area contributed by atoms with Gasteiger partial charge in [-0.15, -0.1) is 0 Å². The minimum atomic E-state index is 0.398. The van der Waals surface area contributed by atoms with Gasteiger partial charge in [0, 0.05) is 32.4 Å². The van der Waals surface area contributed by atoms with E-state index in [1.807, 2.05) is 6.20 Å². The number of ether oxygens (including phenoxy) is 1. The van der Waals surface area contributed by atoms with Gasteiger partial charge in [-0.1, -0.05) is 13.8 Å². The molecule has 1 heterocycles. The Balaban J connectivity index is 2.97. The molecule has 6 heteroatoms. The highest BCUT2D eigenvalue weighted by molar-refractivity contribution is 9.10. The molecule has 114 valence electrons. The molecule has 0 bridgehead atoms. The number of nitrogens with one attached hydrogen (secondary N) is 1. The number of aromatic nitrogens is 2. The van der Waals surface area contributed by atoms with E-state index in [1.165, 1.54) is 0 Å². The predicted octanol–water partition coefficient (Wildman–Crippen LogP) is 3.31. The Morgan fingerprint density at radius 3 is 2.80 bits per heavy atom. The fourth-order valence-corrected chi connectivity index (χ4v) is 2.25. The summed E-state index contributed by atoms with van der Waals surface area (Å²) in [7, 11) is 1.72. The van der Waals surface area contributed by atoms with Crippen molar-refractivity contribution in [3.05, 3.63) is 10.7 Å². The van der Waals surface area contributed by atoms with Crippen LogP contribution in [0.3, 0.4) is 0 Å². The van der Waals surface area contributed by atoms with Gasteiger partial charge in [0.1, 0.15) is 5.82 Å².